The Balaban J connectivity index is 1.59. The number of amides is 1. The molecule has 2 N–H and O–H groups in total. The maximum atomic E-state index is 12.2. The zero-order chi connectivity index (χ0) is 15.1. The van der Waals surface area contributed by atoms with Gasteiger partial charge in [-0.25, -0.2) is 0 Å². The molecule has 2 aliphatic rings. The topological polar surface area (TPSA) is 44.4 Å². The second-order valence-electron chi connectivity index (χ2n) is 6.94. The zero-order valence-electron chi connectivity index (χ0n) is 13.9. The Hall–Kier alpha value is -0.610. The molecule has 0 aromatic rings. The van der Waals surface area contributed by atoms with Gasteiger partial charge >= 0.3 is 0 Å². The molecule has 21 heavy (non-hydrogen) atoms. The molecule has 0 saturated heterocycles. The second-order valence-corrected chi connectivity index (χ2v) is 6.94. The molecule has 0 aliphatic heterocycles. The molecule has 0 heterocycles. The fraction of sp³-hybridized carbons (Fsp3) is 0.941. The highest BCUT2D eigenvalue weighted by Gasteiger charge is 2.21. The van der Waals surface area contributed by atoms with Crippen LogP contribution in [0, 0.1) is 0 Å². The standard InChI is InChI=1S/C17H33N3O/c1-14(17(21)19-15-8-4-3-5-9-15)18-12-13-20(2)16-10-6-7-11-16/h14-16,18H,3-13H2,1-2H3,(H,19,21). The molecule has 2 fully saturated rings. The lowest BCUT2D eigenvalue weighted by Gasteiger charge is -2.26. The third kappa shape index (κ3) is 5.59. The third-order valence-electron chi connectivity index (χ3n) is 5.21. The van der Waals surface area contributed by atoms with Crippen LogP contribution >= 0.6 is 0 Å². The molecule has 0 aromatic heterocycles. The van der Waals surface area contributed by atoms with Gasteiger partial charge in [-0.15, -0.1) is 0 Å². The number of carbonyl (C=O) groups excluding carboxylic acids is 1. The number of carbonyl (C=O) groups is 1. The third-order valence-corrected chi connectivity index (χ3v) is 5.21. The number of hydrogen-bond donors (Lipinski definition) is 2. The molecule has 2 saturated carbocycles. The van der Waals surface area contributed by atoms with Crippen molar-refractivity contribution >= 4 is 5.91 Å². The normalized spacial score (nSPS) is 22.6. The smallest absolute Gasteiger partial charge is 0.237 e. The van der Waals surface area contributed by atoms with Crippen molar-refractivity contribution in [3.8, 4) is 0 Å². The Morgan fingerprint density at radius 2 is 1.71 bits per heavy atom. The minimum absolute atomic E-state index is 0.0797. The van der Waals surface area contributed by atoms with Crippen LogP contribution in [-0.4, -0.2) is 49.1 Å². The van der Waals surface area contributed by atoms with Crippen LogP contribution in [0.3, 0.4) is 0 Å². The van der Waals surface area contributed by atoms with E-state index in [1.807, 2.05) is 6.92 Å². The van der Waals surface area contributed by atoms with Crippen LogP contribution in [-0.2, 0) is 4.79 Å². The minimum Gasteiger partial charge on any atom is -0.352 e. The van der Waals surface area contributed by atoms with Gasteiger partial charge in [0, 0.05) is 25.2 Å². The summed E-state index contributed by atoms with van der Waals surface area (Å²) in [6, 6.07) is 1.10. The van der Waals surface area contributed by atoms with Gasteiger partial charge in [0.1, 0.15) is 0 Å². The average molecular weight is 295 g/mol. The summed E-state index contributed by atoms with van der Waals surface area (Å²) in [5.74, 6) is 0.172. The van der Waals surface area contributed by atoms with Crippen LogP contribution in [0.2, 0.25) is 0 Å². The first-order chi connectivity index (χ1) is 10.2. The molecule has 0 aromatic carbocycles. The number of rotatable bonds is 7. The van der Waals surface area contributed by atoms with Crippen molar-refractivity contribution < 1.29 is 4.79 Å². The first kappa shape index (κ1) is 16.8. The van der Waals surface area contributed by atoms with E-state index in [1.54, 1.807) is 0 Å². The van der Waals surface area contributed by atoms with Crippen molar-refractivity contribution in [2.24, 2.45) is 0 Å². The van der Waals surface area contributed by atoms with Gasteiger partial charge in [0.2, 0.25) is 5.91 Å². The zero-order valence-corrected chi connectivity index (χ0v) is 13.9. The van der Waals surface area contributed by atoms with Crippen molar-refractivity contribution in [3.05, 3.63) is 0 Å². The van der Waals surface area contributed by atoms with Gasteiger partial charge in [0.15, 0.2) is 0 Å². The molecule has 4 nitrogen and oxygen atoms in total. The van der Waals surface area contributed by atoms with E-state index in [4.69, 9.17) is 0 Å². The van der Waals surface area contributed by atoms with E-state index in [0.717, 1.165) is 32.0 Å². The summed E-state index contributed by atoms with van der Waals surface area (Å²) < 4.78 is 0. The Bertz CT molecular complexity index is 309. The van der Waals surface area contributed by atoms with E-state index in [2.05, 4.69) is 22.6 Å². The van der Waals surface area contributed by atoms with Crippen molar-refractivity contribution in [3.63, 3.8) is 0 Å². The molecule has 122 valence electrons. The van der Waals surface area contributed by atoms with Gasteiger partial charge in [-0.2, -0.15) is 0 Å². The summed E-state index contributed by atoms with van der Waals surface area (Å²) >= 11 is 0. The molecular formula is C17H33N3O. The highest BCUT2D eigenvalue weighted by atomic mass is 16.2. The first-order valence-corrected chi connectivity index (χ1v) is 8.91. The monoisotopic (exact) mass is 295 g/mol. The summed E-state index contributed by atoms with van der Waals surface area (Å²) in [7, 11) is 2.21. The van der Waals surface area contributed by atoms with Crippen LogP contribution in [0.25, 0.3) is 0 Å². The maximum absolute atomic E-state index is 12.2. The summed E-state index contributed by atoms with van der Waals surface area (Å²) in [5.41, 5.74) is 0. The summed E-state index contributed by atoms with van der Waals surface area (Å²) in [4.78, 5) is 14.6. The van der Waals surface area contributed by atoms with E-state index >= 15 is 0 Å². The van der Waals surface area contributed by atoms with Crippen LogP contribution in [0.4, 0.5) is 0 Å². The first-order valence-electron chi connectivity index (χ1n) is 8.91. The molecule has 4 heteroatoms. The number of likely N-dealkylation sites (N-methyl/N-ethyl adjacent to an activating group) is 1. The number of nitrogens with one attached hydrogen (secondary N) is 2. The van der Waals surface area contributed by atoms with E-state index in [9.17, 15) is 4.79 Å². The Kier molecular flexibility index (Phi) is 6.97. The van der Waals surface area contributed by atoms with Crippen molar-refractivity contribution in [1.29, 1.82) is 0 Å². The fourth-order valence-electron chi connectivity index (χ4n) is 3.65. The maximum Gasteiger partial charge on any atom is 0.237 e. The quantitative estimate of drug-likeness (QED) is 0.757. The molecule has 2 aliphatic carbocycles. The van der Waals surface area contributed by atoms with Crippen LogP contribution < -0.4 is 10.6 Å². The van der Waals surface area contributed by atoms with Gasteiger partial charge in [0.05, 0.1) is 6.04 Å². The summed E-state index contributed by atoms with van der Waals surface area (Å²) in [5, 5.41) is 6.57. The molecule has 1 atom stereocenters. The molecule has 0 radical (unpaired) electrons. The lowest BCUT2D eigenvalue weighted by molar-refractivity contribution is -0.123. The van der Waals surface area contributed by atoms with Crippen molar-refractivity contribution in [1.82, 2.24) is 15.5 Å². The highest BCUT2D eigenvalue weighted by molar-refractivity contribution is 5.81. The van der Waals surface area contributed by atoms with Gasteiger partial charge in [-0.3, -0.25) is 4.79 Å². The van der Waals surface area contributed by atoms with E-state index in [1.165, 1.54) is 44.9 Å². The van der Waals surface area contributed by atoms with E-state index < -0.39 is 0 Å². The largest absolute Gasteiger partial charge is 0.352 e. The lowest BCUT2D eigenvalue weighted by atomic mass is 9.95. The Morgan fingerprint density at radius 1 is 1.10 bits per heavy atom. The van der Waals surface area contributed by atoms with Crippen molar-refractivity contribution in [2.45, 2.75) is 82.8 Å². The number of hydrogen-bond acceptors (Lipinski definition) is 3. The predicted molar refractivity (Wildman–Crippen MR) is 87.4 cm³/mol. The van der Waals surface area contributed by atoms with Gasteiger partial charge in [0.25, 0.3) is 0 Å². The Labute approximate surface area is 130 Å². The fourth-order valence-corrected chi connectivity index (χ4v) is 3.65. The van der Waals surface area contributed by atoms with E-state index in [-0.39, 0.29) is 11.9 Å². The molecule has 1 unspecified atom stereocenters. The minimum atomic E-state index is -0.0797. The number of nitrogens with zero attached hydrogens (tertiary/aromatic N) is 1. The SMILES string of the molecule is CC(NCCN(C)C1CCCC1)C(=O)NC1CCCCC1. The summed E-state index contributed by atoms with van der Waals surface area (Å²) in [6.07, 6.45) is 11.6. The molecule has 0 spiro atoms. The molecule has 1 amide bonds. The predicted octanol–water partition coefficient (Wildman–Crippen LogP) is 2.29. The van der Waals surface area contributed by atoms with Gasteiger partial charge in [-0.05, 0) is 39.7 Å². The average Bonchev–Trinajstić information content (AvgIpc) is 3.02. The summed E-state index contributed by atoms with van der Waals surface area (Å²) in [6.45, 7) is 3.91. The second kappa shape index (κ2) is 8.74. The lowest BCUT2D eigenvalue weighted by Crippen LogP contribution is -2.48. The van der Waals surface area contributed by atoms with Crippen LogP contribution in [0.1, 0.15) is 64.7 Å². The van der Waals surface area contributed by atoms with Gasteiger partial charge < -0.3 is 15.5 Å². The highest BCUT2D eigenvalue weighted by Crippen LogP contribution is 2.21. The van der Waals surface area contributed by atoms with Crippen LogP contribution in [0.5, 0.6) is 0 Å². The molecular weight excluding hydrogens is 262 g/mol. The Morgan fingerprint density at radius 3 is 2.38 bits per heavy atom. The molecule has 2 rings (SSSR count). The van der Waals surface area contributed by atoms with Crippen LogP contribution in [0.15, 0.2) is 0 Å². The van der Waals surface area contributed by atoms with Crippen molar-refractivity contribution in [2.75, 3.05) is 20.1 Å². The van der Waals surface area contributed by atoms with E-state index in [0.29, 0.717) is 6.04 Å². The van der Waals surface area contributed by atoms with Gasteiger partial charge in [-0.1, -0.05) is 32.1 Å². The molecule has 0 bridgehead atoms.